The molecule has 0 heteroatoms. The third-order valence-electron chi connectivity index (χ3n) is 4.53. The minimum Gasteiger partial charge on any atom is -0.0836 e. The van der Waals surface area contributed by atoms with E-state index in [2.05, 4.69) is 49.4 Å². The Bertz CT molecular complexity index is 729. The van der Waals surface area contributed by atoms with Crippen molar-refractivity contribution in [3.05, 3.63) is 64.7 Å². The molecule has 0 nitrogen and oxygen atoms in total. The Morgan fingerprint density at radius 2 is 1.84 bits per heavy atom. The van der Waals surface area contributed by atoms with Gasteiger partial charge in [0.25, 0.3) is 0 Å². The molecule has 0 atom stereocenters. The molecule has 0 N–H and O–H groups in total. The topological polar surface area (TPSA) is 0 Å². The second kappa shape index (κ2) is 4.09. The van der Waals surface area contributed by atoms with Gasteiger partial charge in [-0.1, -0.05) is 53.6 Å². The monoisotopic (exact) mass is 246 g/mol. The molecule has 0 saturated carbocycles. The van der Waals surface area contributed by atoms with Crippen LogP contribution in [-0.2, 0) is 6.42 Å². The first-order valence-corrected chi connectivity index (χ1v) is 7.24. The number of benzene rings is 2. The Morgan fingerprint density at radius 3 is 2.79 bits per heavy atom. The number of hydrogen-bond acceptors (Lipinski definition) is 0. The van der Waals surface area contributed by atoms with E-state index >= 15 is 0 Å². The molecule has 2 aromatic carbocycles. The summed E-state index contributed by atoms with van der Waals surface area (Å²) in [7, 11) is 0. The Balaban J connectivity index is 2.02. The van der Waals surface area contributed by atoms with E-state index < -0.39 is 0 Å². The zero-order valence-electron chi connectivity index (χ0n) is 11.4. The number of allylic oxidation sites excluding steroid dienone is 4. The first-order valence-electron chi connectivity index (χ1n) is 7.24. The van der Waals surface area contributed by atoms with E-state index in [1.807, 2.05) is 0 Å². The van der Waals surface area contributed by atoms with Crippen molar-refractivity contribution in [2.45, 2.75) is 32.6 Å². The molecule has 0 fully saturated rings. The predicted molar refractivity (Wildman–Crippen MR) is 82.3 cm³/mol. The molecule has 2 aliphatic rings. The fraction of sp³-hybridized carbons (Fsp3) is 0.263. The van der Waals surface area contributed by atoms with Crippen molar-refractivity contribution in [3.8, 4) is 0 Å². The van der Waals surface area contributed by atoms with Crippen molar-refractivity contribution in [1.82, 2.24) is 0 Å². The quantitative estimate of drug-likeness (QED) is 0.599. The van der Waals surface area contributed by atoms with Crippen molar-refractivity contribution >= 4 is 16.3 Å². The van der Waals surface area contributed by atoms with Crippen LogP contribution in [-0.4, -0.2) is 0 Å². The number of aryl methyl sites for hydroxylation is 2. The molecule has 0 aromatic heterocycles. The molecule has 0 radical (unpaired) electrons. The van der Waals surface area contributed by atoms with Gasteiger partial charge in [0.15, 0.2) is 0 Å². The Morgan fingerprint density at radius 1 is 0.947 bits per heavy atom. The van der Waals surface area contributed by atoms with Gasteiger partial charge in [0.05, 0.1) is 0 Å². The van der Waals surface area contributed by atoms with Crippen LogP contribution in [0.2, 0.25) is 0 Å². The summed E-state index contributed by atoms with van der Waals surface area (Å²) in [6, 6.07) is 11.4. The van der Waals surface area contributed by atoms with Crippen LogP contribution in [0, 0.1) is 6.92 Å². The predicted octanol–water partition coefficient (Wildman–Crippen LogP) is 5.20. The second-order valence-electron chi connectivity index (χ2n) is 5.77. The minimum absolute atomic E-state index is 1.21. The molecule has 94 valence electrons. The molecular weight excluding hydrogens is 228 g/mol. The summed E-state index contributed by atoms with van der Waals surface area (Å²) in [5.41, 5.74) is 7.58. The summed E-state index contributed by atoms with van der Waals surface area (Å²) in [6.07, 6.45) is 9.62. The highest BCUT2D eigenvalue weighted by molar-refractivity contribution is 5.94. The van der Waals surface area contributed by atoms with Crippen molar-refractivity contribution in [3.63, 3.8) is 0 Å². The smallest absolute Gasteiger partial charge is 0.0143 e. The lowest BCUT2D eigenvalue weighted by Crippen LogP contribution is -2.07. The second-order valence-corrected chi connectivity index (χ2v) is 5.77. The molecule has 2 aliphatic carbocycles. The van der Waals surface area contributed by atoms with Gasteiger partial charge in [-0.3, -0.25) is 0 Å². The highest BCUT2D eigenvalue weighted by Crippen LogP contribution is 2.39. The number of fused-ring (bicyclic) bond motifs is 4. The molecule has 0 unspecified atom stereocenters. The van der Waals surface area contributed by atoms with E-state index in [1.54, 1.807) is 11.1 Å². The summed E-state index contributed by atoms with van der Waals surface area (Å²) < 4.78 is 0. The molecule has 4 rings (SSSR count). The lowest BCUT2D eigenvalue weighted by molar-refractivity contribution is 0.831. The Hall–Kier alpha value is -1.82. The van der Waals surface area contributed by atoms with Crippen LogP contribution in [0.25, 0.3) is 16.3 Å². The summed E-state index contributed by atoms with van der Waals surface area (Å²) in [4.78, 5) is 0. The van der Waals surface area contributed by atoms with Crippen LogP contribution in [0.4, 0.5) is 0 Å². The van der Waals surface area contributed by atoms with Crippen LogP contribution in [0.1, 0.15) is 36.0 Å². The van der Waals surface area contributed by atoms with Gasteiger partial charge < -0.3 is 0 Å². The van der Waals surface area contributed by atoms with Crippen LogP contribution < -0.4 is 0 Å². The van der Waals surface area contributed by atoms with Gasteiger partial charge >= 0.3 is 0 Å². The molecule has 0 bridgehead atoms. The minimum atomic E-state index is 1.21. The lowest BCUT2D eigenvalue weighted by Gasteiger charge is -2.25. The molecule has 0 spiro atoms. The van der Waals surface area contributed by atoms with Gasteiger partial charge in [-0.2, -0.15) is 0 Å². The van der Waals surface area contributed by atoms with Crippen LogP contribution >= 0.6 is 0 Å². The third kappa shape index (κ3) is 1.67. The molecule has 19 heavy (non-hydrogen) atoms. The first kappa shape index (κ1) is 11.0. The zero-order valence-corrected chi connectivity index (χ0v) is 11.4. The van der Waals surface area contributed by atoms with Crippen molar-refractivity contribution in [1.29, 1.82) is 0 Å². The van der Waals surface area contributed by atoms with Gasteiger partial charge in [0, 0.05) is 0 Å². The van der Waals surface area contributed by atoms with Crippen LogP contribution in [0.3, 0.4) is 0 Å². The van der Waals surface area contributed by atoms with Gasteiger partial charge in [-0.15, -0.1) is 0 Å². The maximum Gasteiger partial charge on any atom is -0.0143 e. The lowest BCUT2D eigenvalue weighted by atomic mass is 9.79. The van der Waals surface area contributed by atoms with Crippen molar-refractivity contribution in [2.24, 2.45) is 0 Å². The Labute approximate surface area is 114 Å². The molecular formula is C19H18. The molecule has 0 saturated heterocycles. The maximum absolute atomic E-state index is 2.35. The van der Waals surface area contributed by atoms with Crippen molar-refractivity contribution in [2.75, 3.05) is 0 Å². The maximum atomic E-state index is 2.35. The van der Waals surface area contributed by atoms with Crippen molar-refractivity contribution < 1.29 is 0 Å². The summed E-state index contributed by atoms with van der Waals surface area (Å²) >= 11 is 0. The third-order valence-corrected chi connectivity index (χ3v) is 4.53. The van der Waals surface area contributed by atoms with Crippen LogP contribution in [0.15, 0.2) is 48.1 Å². The SMILES string of the molecule is Cc1ccc2ccc3c(c2c1)CCC1=C3C=CCC1. The van der Waals surface area contributed by atoms with Gasteiger partial charge in [-0.25, -0.2) is 0 Å². The summed E-state index contributed by atoms with van der Waals surface area (Å²) in [6.45, 7) is 2.19. The molecule has 2 aromatic rings. The highest BCUT2D eigenvalue weighted by atomic mass is 14.2. The van der Waals surface area contributed by atoms with E-state index in [0.29, 0.717) is 0 Å². The van der Waals surface area contributed by atoms with Gasteiger partial charge in [0.1, 0.15) is 0 Å². The van der Waals surface area contributed by atoms with E-state index in [-0.39, 0.29) is 0 Å². The largest absolute Gasteiger partial charge is 0.0836 e. The van der Waals surface area contributed by atoms with E-state index in [0.717, 1.165) is 0 Å². The highest BCUT2D eigenvalue weighted by Gasteiger charge is 2.20. The molecule has 0 heterocycles. The molecule has 0 amide bonds. The Kier molecular flexibility index (Phi) is 2.38. The fourth-order valence-electron chi connectivity index (χ4n) is 3.54. The average Bonchev–Trinajstić information content (AvgIpc) is 2.46. The van der Waals surface area contributed by atoms with E-state index in [9.17, 15) is 0 Å². The number of rotatable bonds is 0. The summed E-state index contributed by atoms with van der Waals surface area (Å²) in [5, 5.41) is 2.84. The average molecular weight is 246 g/mol. The van der Waals surface area contributed by atoms with E-state index in [1.165, 1.54) is 53.2 Å². The normalized spacial score (nSPS) is 17.5. The van der Waals surface area contributed by atoms with E-state index in [4.69, 9.17) is 0 Å². The van der Waals surface area contributed by atoms with Gasteiger partial charge in [-0.05, 0) is 60.1 Å². The standard InChI is InChI=1S/C19H18/c1-13-6-7-15-9-10-17-16-5-3-2-4-14(16)8-11-18(17)19(15)12-13/h3,5-7,9-10,12H,2,4,8,11H2,1H3. The zero-order chi connectivity index (χ0) is 12.8. The van der Waals surface area contributed by atoms with Gasteiger partial charge in [0.2, 0.25) is 0 Å². The van der Waals surface area contributed by atoms with Crippen LogP contribution in [0.5, 0.6) is 0 Å². The fourth-order valence-corrected chi connectivity index (χ4v) is 3.54. The summed E-state index contributed by atoms with van der Waals surface area (Å²) in [5.74, 6) is 0. The first-order chi connectivity index (χ1) is 9.33. The molecule has 0 aliphatic heterocycles. The number of hydrogen-bond donors (Lipinski definition) is 0.